The molecule has 2 unspecified atom stereocenters. The molecule has 2 atom stereocenters. The molecule has 3 rings (SSSR count). The Morgan fingerprint density at radius 3 is 2.63 bits per heavy atom. The fraction of sp³-hybridized carbons (Fsp3) is 0.684. The van der Waals surface area contributed by atoms with Crippen LogP contribution in [0.4, 0.5) is 4.79 Å². The van der Waals surface area contributed by atoms with Crippen LogP contribution < -0.4 is 4.74 Å². The van der Waals surface area contributed by atoms with E-state index < -0.39 is 17.7 Å². The van der Waals surface area contributed by atoms with E-state index in [2.05, 4.69) is 9.97 Å². The Hall–Kier alpha value is -2.38. The molecule has 2 amide bonds. The van der Waals surface area contributed by atoms with E-state index in [1.54, 1.807) is 28.4 Å². The van der Waals surface area contributed by atoms with Crippen molar-refractivity contribution in [3.8, 4) is 5.88 Å². The second kappa shape index (κ2) is 8.10. The fourth-order valence-corrected chi connectivity index (χ4v) is 3.52. The second-order valence-electron chi connectivity index (χ2n) is 8.04. The maximum atomic E-state index is 13.1. The third-order valence-corrected chi connectivity index (χ3v) is 4.68. The zero-order valence-electron chi connectivity index (χ0n) is 16.3. The third-order valence-electron chi connectivity index (χ3n) is 4.68. The summed E-state index contributed by atoms with van der Waals surface area (Å²) < 4.78 is 11.3. The van der Waals surface area contributed by atoms with Crippen LogP contribution in [0.15, 0.2) is 18.6 Å². The molecule has 0 spiro atoms. The first-order valence-corrected chi connectivity index (χ1v) is 9.54. The van der Waals surface area contributed by atoms with Crippen molar-refractivity contribution in [1.29, 1.82) is 0 Å². The number of likely N-dealkylation sites (tertiary alicyclic amines) is 2. The number of ether oxygens (including phenoxy) is 2. The summed E-state index contributed by atoms with van der Waals surface area (Å²) in [5.74, 6) is 0.443. The molecule has 2 saturated heterocycles. The quantitative estimate of drug-likeness (QED) is 0.804. The van der Waals surface area contributed by atoms with Crippen LogP contribution in [0.2, 0.25) is 0 Å². The molecule has 1 aromatic rings. The zero-order chi connectivity index (χ0) is 19.4. The summed E-state index contributed by atoms with van der Waals surface area (Å²) in [7, 11) is 0. The summed E-state index contributed by atoms with van der Waals surface area (Å²) in [5.41, 5.74) is -0.575. The largest absolute Gasteiger partial charge is 0.471 e. The number of hydrogen-bond acceptors (Lipinski definition) is 6. The number of amides is 2. The monoisotopic (exact) mass is 376 g/mol. The SMILES string of the molecule is CC(C)(C)OC(=O)N1CCCC1C(=O)N1CCCC(Oc2cnccn2)C1. The molecule has 2 fully saturated rings. The van der Waals surface area contributed by atoms with E-state index in [1.165, 1.54) is 0 Å². The second-order valence-corrected chi connectivity index (χ2v) is 8.04. The van der Waals surface area contributed by atoms with Gasteiger partial charge in [0.25, 0.3) is 0 Å². The summed E-state index contributed by atoms with van der Waals surface area (Å²) in [6.45, 7) is 7.22. The molecule has 2 aliphatic heterocycles. The van der Waals surface area contributed by atoms with Gasteiger partial charge in [-0.25, -0.2) is 9.78 Å². The molecule has 3 heterocycles. The number of carbonyl (C=O) groups excluding carboxylic acids is 2. The minimum atomic E-state index is -0.575. The molecular weight excluding hydrogens is 348 g/mol. The number of hydrogen-bond donors (Lipinski definition) is 0. The van der Waals surface area contributed by atoms with Crippen LogP contribution in [-0.2, 0) is 9.53 Å². The van der Waals surface area contributed by atoms with E-state index >= 15 is 0 Å². The summed E-state index contributed by atoms with van der Waals surface area (Å²) in [5, 5.41) is 0. The lowest BCUT2D eigenvalue weighted by Gasteiger charge is -2.36. The van der Waals surface area contributed by atoms with Gasteiger partial charge in [-0.1, -0.05) is 0 Å². The van der Waals surface area contributed by atoms with Crippen LogP contribution in [0.3, 0.4) is 0 Å². The Bertz CT molecular complexity index is 661. The number of piperidine rings is 1. The standard InChI is InChI=1S/C19H28N4O4/c1-19(2,3)27-18(25)23-11-5-7-15(23)17(24)22-10-4-6-14(13-22)26-16-12-20-8-9-21-16/h8-9,12,14-15H,4-7,10-11,13H2,1-3H3. The van der Waals surface area contributed by atoms with E-state index in [0.717, 1.165) is 19.3 Å². The summed E-state index contributed by atoms with van der Waals surface area (Å²) in [6, 6.07) is -0.449. The summed E-state index contributed by atoms with van der Waals surface area (Å²) in [6.07, 6.45) is 7.41. The highest BCUT2D eigenvalue weighted by Gasteiger charge is 2.39. The summed E-state index contributed by atoms with van der Waals surface area (Å²) in [4.78, 5) is 37.0. The highest BCUT2D eigenvalue weighted by Crippen LogP contribution is 2.24. The van der Waals surface area contributed by atoms with Crippen molar-refractivity contribution >= 4 is 12.0 Å². The van der Waals surface area contributed by atoms with E-state index in [-0.39, 0.29) is 12.0 Å². The van der Waals surface area contributed by atoms with E-state index in [1.807, 2.05) is 20.8 Å². The molecule has 0 saturated carbocycles. The third kappa shape index (κ3) is 5.08. The maximum Gasteiger partial charge on any atom is 0.410 e. The van der Waals surface area contributed by atoms with Gasteiger partial charge in [0.15, 0.2) is 0 Å². The topological polar surface area (TPSA) is 84.9 Å². The zero-order valence-corrected chi connectivity index (χ0v) is 16.3. The lowest BCUT2D eigenvalue weighted by Crippen LogP contribution is -2.53. The molecule has 27 heavy (non-hydrogen) atoms. The molecular formula is C19H28N4O4. The molecule has 2 aliphatic rings. The lowest BCUT2D eigenvalue weighted by atomic mass is 10.1. The number of aromatic nitrogens is 2. The van der Waals surface area contributed by atoms with Crippen LogP contribution in [-0.4, -0.2) is 69.1 Å². The van der Waals surface area contributed by atoms with Crippen molar-refractivity contribution in [2.24, 2.45) is 0 Å². The van der Waals surface area contributed by atoms with Gasteiger partial charge in [-0.3, -0.25) is 14.7 Å². The van der Waals surface area contributed by atoms with Gasteiger partial charge in [0.2, 0.25) is 11.8 Å². The first-order valence-electron chi connectivity index (χ1n) is 9.54. The Morgan fingerprint density at radius 1 is 1.15 bits per heavy atom. The summed E-state index contributed by atoms with van der Waals surface area (Å²) >= 11 is 0. The van der Waals surface area contributed by atoms with Gasteiger partial charge in [0.1, 0.15) is 17.7 Å². The molecule has 0 N–H and O–H groups in total. The molecule has 0 aromatic carbocycles. The van der Waals surface area contributed by atoms with Gasteiger partial charge < -0.3 is 14.4 Å². The van der Waals surface area contributed by atoms with Gasteiger partial charge in [0.05, 0.1) is 12.7 Å². The van der Waals surface area contributed by atoms with Crippen LogP contribution in [0.25, 0.3) is 0 Å². The smallest absolute Gasteiger partial charge is 0.410 e. The van der Waals surface area contributed by atoms with Crippen LogP contribution >= 0.6 is 0 Å². The molecule has 148 valence electrons. The predicted octanol–water partition coefficient (Wildman–Crippen LogP) is 2.25. The van der Waals surface area contributed by atoms with Gasteiger partial charge in [-0.2, -0.15) is 0 Å². The van der Waals surface area contributed by atoms with Gasteiger partial charge in [0, 0.05) is 25.5 Å². The molecule has 0 radical (unpaired) electrons. The van der Waals surface area contributed by atoms with E-state index in [4.69, 9.17) is 9.47 Å². The number of nitrogens with zero attached hydrogens (tertiary/aromatic N) is 4. The normalized spacial score (nSPS) is 23.2. The van der Waals surface area contributed by atoms with Crippen molar-refractivity contribution in [3.63, 3.8) is 0 Å². The lowest BCUT2D eigenvalue weighted by molar-refractivity contribution is -0.138. The highest BCUT2D eigenvalue weighted by molar-refractivity contribution is 5.86. The van der Waals surface area contributed by atoms with Gasteiger partial charge >= 0.3 is 6.09 Å². The van der Waals surface area contributed by atoms with Crippen LogP contribution in [0, 0.1) is 0 Å². The first kappa shape index (κ1) is 19.4. The minimum absolute atomic E-state index is 0.0224. The molecule has 0 bridgehead atoms. The first-order chi connectivity index (χ1) is 12.8. The molecule has 0 aliphatic carbocycles. The van der Waals surface area contributed by atoms with Crippen molar-refractivity contribution in [3.05, 3.63) is 18.6 Å². The number of carbonyl (C=O) groups is 2. The van der Waals surface area contributed by atoms with Gasteiger partial charge in [-0.05, 0) is 46.5 Å². The fourth-order valence-electron chi connectivity index (χ4n) is 3.52. The maximum absolute atomic E-state index is 13.1. The average molecular weight is 376 g/mol. The van der Waals surface area contributed by atoms with Crippen molar-refractivity contribution in [1.82, 2.24) is 19.8 Å². The minimum Gasteiger partial charge on any atom is -0.471 e. The Kier molecular flexibility index (Phi) is 5.82. The van der Waals surface area contributed by atoms with Crippen molar-refractivity contribution in [2.45, 2.75) is 64.2 Å². The Balaban J connectivity index is 1.61. The van der Waals surface area contributed by atoms with Crippen molar-refractivity contribution < 1.29 is 19.1 Å². The Morgan fingerprint density at radius 2 is 1.93 bits per heavy atom. The Labute approximate surface area is 159 Å². The van der Waals surface area contributed by atoms with Crippen LogP contribution in [0.5, 0.6) is 5.88 Å². The molecule has 8 heteroatoms. The molecule has 1 aromatic heterocycles. The highest BCUT2D eigenvalue weighted by atomic mass is 16.6. The number of rotatable bonds is 3. The van der Waals surface area contributed by atoms with Crippen molar-refractivity contribution in [2.75, 3.05) is 19.6 Å². The van der Waals surface area contributed by atoms with Crippen LogP contribution in [0.1, 0.15) is 46.5 Å². The van der Waals surface area contributed by atoms with E-state index in [0.29, 0.717) is 31.9 Å². The predicted molar refractivity (Wildman–Crippen MR) is 98.2 cm³/mol. The van der Waals surface area contributed by atoms with E-state index in [9.17, 15) is 9.59 Å². The van der Waals surface area contributed by atoms with Gasteiger partial charge in [-0.15, -0.1) is 0 Å². The average Bonchev–Trinajstić information content (AvgIpc) is 3.11. The molecule has 8 nitrogen and oxygen atoms in total.